The Hall–Kier alpha value is -3.27. The number of hydrogen-bond acceptors (Lipinski definition) is 8. The second kappa shape index (κ2) is 9.47. The molecule has 1 amide bonds. The highest BCUT2D eigenvalue weighted by atomic mass is 32.2. The first kappa shape index (κ1) is 21.9. The zero-order valence-corrected chi connectivity index (χ0v) is 18.7. The van der Waals surface area contributed by atoms with E-state index in [1.807, 2.05) is 19.1 Å². The molecule has 2 aromatic heterocycles. The molecule has 0 unspecified atom stereocenters. The van der Waals surface area contributed by atoms with Gasteiger partial charge in [-0.3, -0.25) is 4.79 Å². The number of sulfone groups is 1. The number of aromatic nitrogens is 3. The standard InChI is InChI=1S/C22H25N5O4S/c1-2-20-24-22(25-31-20)17-8-9-19(23-16-17)26-11-13-27(14-12-26)21(28)10-15-32(29,30)18-6-4-3-5-7-18/h3-9,16H,2,10-15H2,1H3. The lowest BCUT2D eigenvalue weighted by molar-refractivity contribution is -0.131. The summed E-state index contributed by atoms with van der Waals surface area (Å²) in [5.41, 5.74) is 0.783. The van der Waals surface area contributed by atoms with Crippen molar-refractivity contribution in [2.45, 2.75) is 24.7 Å². The summed E-state index contributed by atoms with van der Waals surface area (Å²) >= 11 is 0. The number of anilines is 1. The molecule has 0 saturated carbocycles. The molecule has 0 spiro atoms. The Labute approximate surface area is 187 Å². The van der Waals surface area contributed by atoms with E-state index in [0.29, 0.717) is 44.3 Å². The number of nitrogens with zero attached hydrogens (tertiary/aromatic N) is 5. The molecule has 1 aliphatic heterocycles. The fourth-order valence-electron chi connectivity index (χ4n) is 3.53. The maximum atomic E-state index is 12.6. The van der Waals surface area contributed by atoms with Gasteiger partial charge in [-0.15, -0.1) is 0 Å². The average molecular weight is 456 g/mol. The maximum Gasteiger partial charge on any atom is 0.226 e. The second-order valence-corrected chi connectivity index (χ2v) is 9.63. The fraction of sp³-hybridized carbons (Fsp3) is 0.364. The largest absolute Gasteiger partial charge is 0.353 e. The number of pyridine rings is 1. The van der Waals surface area contributed by atoms with Gasteiger partial charge >= 0.3 is 0 Å². The minimum atomic E-state index is -3.46. The van der Waals surface area contributed by atoms with Crippen molar-refractivity contribution in [3.8, 4) is 11.4 Å². The van der Waals surface area contributed by atoms with Crippen LogP contribution in [0.3, 0.4) is 0 Å². The van der Waals surface area contributed by atoms with Crippen molar-refractivity contribution in [1.29, 1.82) is 0 Å². The molecule has 168 valence electrons. The van der Waals surface area contributed by atoms with Crippen LogP contribution in [-0.2, 0) is 21.1 Å². The van der Waals surface area contributed by atoms with Crippen molar-refractivity contribution in [2.24, 2.45) is 0 Å². The summed E-state index contributed by atoms with van der Waals surface area (Å²) in [6, 6.07) is 12.0. The molecule has 4 rings (SSSR count). The molecular weight excluding hydrogens is 430 g/mol. The number of rotatable bonds is 7. The molecule has 0 N–H and O–H groups in total. The minimum Gasteiger partial charge on any atom is -0.353 e. The summed E-state index contributed by atoms with van der Waals surface area (Å²) in [7, 11) is -3.46. The second-order valence-electron chi connectivity index (χ2n) is 7.52. The van der Waals surface area contributed by atoms with E-state index in [2.05, 4.69) is 20.0 Å². The first-order chi connectivity index (χ1) is 15.5. The maximum absolute atomic E-state index is 12.6. The van der Waals surface area contributed by atoms with Crippen LogP contribution in [0.15, 0.2) is 58.1 Å². The highest BCUT2D eigenvalue weighted by Crippen LogP contribution is 2.20. The van der Waals surface area contributed by atoms with Crippen LogP contribution < -0.4 is 4.90 Å². The van der Waals surface area contributed by atoms with Gasteiger partial charge in [-0.25, -0.2) is 13.4 Å². The van der Waals surface area contributed by atoms with Crippen LogP contribution in [0.4, 0.5) is 5.82 Å². The summed E-state index contributed by atoms with van der Waals surface area (Å²) in [4.78, 5) is 25.4. The molecule has 3 aromatic rings. The molecule has 0 atom stereocenters. The van der Waals surface area contributed by atoms with E-state index in [0.717, 1.165) is 11.4 Å². The molecule has 3 heterocycles. The molecule has 0 radical (unpaired) electrons. The van der Waals surface area contributed by atoms with Crippen molar-refractivity contribution in [2.75, 3.05) is 36.8 Å². The Balaban J connectivity index is 1.29. The normalized spacial score (nSPS) is 14.5. The zero-order valence-electron chi connectivity index (χ0n) is 17.8. The van der Waals surface area contributed by atoms with E-state index in [9.17, 15) is 13.2 Å². The third-order valence-corrected chi connectivity index (χ3v) is 7.15. The predicted octanol–water partition coefficient (Wildman–Crippen LogP) is 2.21. The molecule has 9 nitrogen and oxygen atoms in total. The smallest absolute Gasteiger partial charge is 0.226 e. The van der Waals surface area contributed by atoms with Gasteiger partial charge in [-0.1, -0.05) is 30.3 Å². The van der Waals surface area contributed by atoms with E-state index in [1.165, 1.54) is 0 Å². The quantitative estimate of drug-likeness (QED) is 0.533. The van der Waals surface area contributed by atoms with Crippen LogP contribution in [0.5, 0.6) is 0 Å². The number of carbonyl (C=O) groups excluding carboxylic acids is 1. The first-order valence-electron chi connectivity index (χ1n) is 10.6. The average Bonchev–Trinajstić information content (AvgIpc) is 3.33. The molecule has 32 heavy (non-hydrogen) atoms. The van der Waals surface area contributed by atoms with Crippen LogP contribution >= 0.6 is 0 Å². The Bertz CT molecular complexity index is 1150. The fourth-order valence-corrected chi connectivity index (χ4v) is 4.78. The monoisotopic (exact) mass is 455 g/mol. The van der Waals surface area contributed by atoms with Gasteiger partial charge in [-0.05, 0) is 24.3 Å². The molecule has 1 saturated heterocycles. The first-order valence-corrected chi connectivity index (χ1v) is 12.2. The topological polar surface area (TPSA) is 110 Å². The van der Waals surface area contributed by atoms with Gasteiger partial charge in [0.05, 0.1) is 10.6 Å². The summed E-state index contributed by atoms with van der Waals surface area (Å²) < 4.78 is 29.9. The lowest BCUT2D eigenvalue weighted by atomic mass is 10.2. The minimum absolute atomic E-state index is 0.0192. The van der Waals surface area contributed by atoms with Crippen molar-refractivity contribution < 1.29 is 17.7 Å². The van der Waals surface area contributed by atoms with Crippen molar-refractivity contribution in [1.82, 2.24) is 20.0 Å². The Kier molecular flexibility index (Phi) is 6.50. The number of aryl methyl sites for hydroxylation is 1. The summed E-state index contributed by atoms with van der Waals surface area (Å²) in [5, 5.41) is 3.96. The van der Waals surface area contributed by atoms with Crippen LogP contribution in [0.2, 0.25) is 0 Å². The number of benzene rings is 1. The van der Waals surface area contributed by atoms with Gasteiger partial charge in [0.25, 0.3) is 0 Å². The molecule has 1 aromatic carbocycles. The highest BCUT2D eigenvalue weighted by Gasteiger charge is 2.24. The number of carbonyl (C=O) groups is 1. The summed E-state index contributed by atoms with van der Waals surface area (Å²) in [6.45, 7) is 4.26. The van der Waals surface area contributed by atoms with Crippen molar-refractivity contribution >= 4 is 21.6 Å². The van der Waals surface area contributed by atoms with Gasteiger partial charge in [0.1, 0.15) is 5.82 Å². The predicted molar refractivity (Wildman–Crippen MR) is 119 cm³/mol. The number of piperazine rings is 1. The van der Waals surface area contributed by atoms with E-state index >= 15 is 0 Å². The highest BCUT2D eigenvalue weighted by molar-refractivity contribution is 7.91. The Morgan fingerprint density at radius 1 is 1.06 bits per heavy atom. The van der Waals surface area contributed by atoms with E-state index < -0.39 is 9.84 Å². The molecule has 0 aliphatic carbocycles. The number of amides is 1. The van der Waals surface area contributed by atoms with Gasteiger partial charge < -0.3 is 14.3 Å². The van der Waals surface area contributed by atoms with Gasteiger partial charge in [0.2, 0.25) is 17.6 Å². The van der Waals surface area contributed by atoms with Crippen LogP contribution in [-0.4, -0.2) is 66.3 Å². The zero-order chi connectivity index (χ0) is 22.6. The molecule has 1 fully saturated rings. The third-order valence-electron chi connectivity index (χ3n) is 5.42. The van der Waals surface area contributed by atoms with Gasteiger partial charge in [0.15, 0.2) is 9.84 Å². The van der Waals surface area contributed by atoms with Gasteiger partial charge in [0, 0.05) is 50.8 Å². The molecular formula is C22H25N5O4S. The molecule has 0 bridgehead atoms. The van der Waals surface area contributed by atoms with E-state index in [-0.39, 0.29) is 23.0 Å². The van der Waals surface area contributed by atoms with E-state index in [1.54, 1.807) is 41.4 Å². The number of hydrogen-bond donors (Lipinski definition) is 0. The Morgan fingerprint density at radius 2 is 1.81 bits per heavy atom. The van der Waals surface area contributed by atoms with E-state index in [4.69, 9.17) is 4.52 Å². The SMILES string of the molecule is CCc1nc(-c2ccc(N3CCN(C(=O)CCS(=O)(=O)c4ccccc4)CC3)nc2)no1. The van der Waals surface area contributed by atoms with Crippen LogP contribution in [0, 0.1) is 0 Å². The Morgan fingerprint density at radius 3 is 2.44 bits per heavy atom. The lowest BCUT2D eigenvalue weighted by Gasteiger charge is -2.35. The molecule has 1 aliphatic rings. The summed E-state index contributed by atoms with van der Waals surface area (Å²) in [5.74, 6) is 1.58. The lowest BCUT2D eigenvalue weighted by Crippen LogP contribution is -2.49. The van der Waals surface area contributed by atoms with Crippen molar-refractivity contribution in [3.63, 3.8) is 0 Å². The molecule has 10 heteroatoms. The summed E-state index contributed by atoms with van der Waals surface area (Å²) in [6.07, 6.45) is 2.37. The van der Waals surface area contributed by atoms with Crippen LogP contribution in [0.25, 0.3) is 11.4 Å². The van der Waals surface area contributed by atoms with Crippen LogP contribution in [0.1, 0.15) is 19.2 Å². The third kappa shape index (κ3) is 4.96. The van der Waals surface area contributed by atoms with Gasteiger partial charge in [-0.2, -0.15) is 4.98 Å². The van der Waals surface area contributed by atoms with Crippen molar-refractivity contribution in [3.05, 3.63) is 54.6 Å².